The highest BCUT2D eigenvalue weighted by Gasteiger charge is 2.18. The number of fused-ring (bicyclic) bond motifs is 1. The van der Waals surface area contributed by atoms with Crippen LogP contribution < -0.4 is 16.5 Å². The summed E-state index contributed by atoms with van der Waals surface area (Å²) in [6, 6.07) is 11.0. The molecule has 3 rings (SSSR count). The normalized spacial score (nSPS) is 10.7. The Morgan fingerprint density at radius 3 is 2.69 bits per heavy atom. The van der Waals surface area contributed by atoms with Gasteiger partial charge in [0, 0.05) is 22.8 Å². The van der Waals surface area contributed by atoms with E-state index in [9.17, 15) is 14.4 Å². The van der Waals surface area contributed by atoms with Crippen LogP contribution >= 0.6 is 11.6 Å². The maximum atomic E-state index is 12.7. The summed E-state index contributed by atoms with van der Waals surface area (Å²) in [5, 5.41) is 7.43. The van der Waals surface area contributed by atoms with Gasteiger partial charge in [-0.3, -0.25) is 19.1 Å². The molecule has 0 aliphatic carbocycles. The van der Waals surface area contributed by atoms with Crippen LogP contribution in [0, 0.1) is 0 Å². The number of aromatic nitrogens is 2. The molecule has 0 saturated carbocycles. The number of benzene rings is 2. The van der Waals surface area contributed by atoms with E-state index in [2.05, 4.69) is 10.4 Å². The van der Waals surface area contributed by atoms with Gasteiger partial charge in [-0.25, -0.2) is 0 Å². The third-order valence-corrected chi connectivity index (χ3v) is 4.07. The highest BCUT2D eigenvalue weighted by atomic mass is 35.5. The highest BCUT2D eigenvalue weighted by Crippen LogP contribution is 2.17. The average Bonchev–Trinajstić information content (AvgIpc) is 2.62. The molecular weight excluding hydrogens is 356 g/mol. The van der Waals surface area contributed by atoms with Crippen molar-refractivity contribution in [3.63, 3.8) is 0 Å². The Morgan fingerprint density at radius 1 is 1.23 bits per heavy atom. The number of carbonyl (C=O) groups excluding carboxylic acids is 2. The number of nitrogens with zero attached hydrogens (tertiary/aromatic N) is 2. The maximum Gasteiger partial charge on any atom is 0.280 e. The number of primary amides is 1. The molecule has 0 unspecified atom stereocenters. The van der Waals surface area contributed by atoms with Gasteiger partial charge in [-0.15, -0.1) is 0 Å². The van der Waals surface area contributed by atoms with Crippen LogP contribution in [-0.4, -0.2) is 21.6 Å². The molecular formula is C18H15ClN4O3. The molecule has 2 aromatic carbocycles. The first-order valence-electron chi connectivity index (χ1n) is 7.82. The van der Waals surface area contributed by atoms with E-state index in [4.69, 9.17) is 17.3 Å². The Labute approximate surface area is 153 Å². The van der Waals surface area contributed by atoms with E-state index in [1.54, 1.807) is 28.9 Å². The van der Waals surface area contributed by atoms with Crippen molar-refractivity contribution in [1.29, 1.82) is 0 Å². The molecule has 3 N–H and O–H groups in total. The molecule has 0 atom stereocenters. The van der Waals surface area contributed by atoms with Crippen molar-refractivity contribution in [2.45, 2.75) is 13.5 Å². The third-order valence-electron chi connectivity index (χ3n) is 3.84. The summed E-state index contributed by atoms with van der Waals surface area (Å²) in [4.78, 5) is 36.5. The van der Waals surface area contributed by atoms with Crippen molar-refractivity contribution < 1.29 is 9.59 Å². The monoisotopic (exact) mass is 370 g/mol. The van der Waals surface area contributed by atoms with Crippen molar-refractivity contribution in [3.05, 3.63) is 69.0 Å². The molecule has 132 valence electrons. The van der Waals surface area contributed by atoms with Gasteiger partial charge in [-0.2, -0.15) is 5.10 Å². The Morgan fingerprint density at radius 2 is 2.00 bits per heavy atom. The Hall–Kier alpha value is -3.19. The van der Waals surface area contributed by atoms with E-state index in [0.717, 1.165) is 0 Å². The lowest BCUT2D eigenvalue weighted by molar-refractivity contribution is 0.0995. The van der Waals surface area contributed by atoms with Gasteiger partial charge in [0.15, 0.2) is 5.69 Å². The standard InChI is InChI=1S/C18H15ClN4O3/c1-2-23-14-7-6-11(19)9-13(14)16(24)15(22-23)18(26)21-12-5-3-4-10(8-12)17(20)25/h3-9H,2H2,1H3,(H2,20,25)(H,21,26). The van der Waals surface area contributed by atoms with Gasteiger partial charge in [0.05, 0.1) is 10.9 Å². The lowest BCUT2D eigenvalue weighted by Gasteiger charge is -2.11. The maximum absolute atomic E-state index is 12.7. The molecule has 0 fully saturated rings. The smallest absolute Gasteiger partial charge is 0.280 e. The molecule has 0 aliphatic rings. The predicted octanol–water partition coefficient (Wildman–Crippen LogP) is 2.42. The predicted molar refractivity (Wildman–Crippen MR) is 99.6 cm³/mol. The van der Waals surface area contributed by atoms with Crippen LogP contribution in [0.2, 0.25) is 5.02 Å². The fourth-order valence-corrected chi connectivity index (χ4v) is 2.76. The molecule has 0 spiro atoms. The average molecular weight is 371 g/mol. The lowest BCUT2D eigenvalue weighted by atomic mass is 10.1. The van der Waals surface area contributed by atoms with Gasteiger partial charge >= 0.3 is 0 Å². The van der Waals surface area contributed by atoms with Crippen molar-refractivity contribution >= 4 is 40.0 Å². The largest absolute Gasteiger partial charge is 0.366 e. The lowest BCUT2D eigenvalue weighted by Crippen LogP contribution is -2.27. The molecule has 8 heteroatoms. The number of carbonyl (C=O) groups is 2. The van der Waals surface area contributed by atoms with E-state index < -0.39 is 17.2 Å². The molecule has 3 aromatic rings. The number of anilines is 1. The van der Waals surface area contributed by atoms with Gasteiger partial charge in [0.2, 0.25) is 11.3 Å². The van der Waals surface area contributed by atoms with E-state index in [-0.39, 0.29) is 11.3 Å². The van der Waals surface area contributed by atoms with Crippen molar-refractivity contribution in [3.8, 4) is 0 Å². The number of rotatable bonds is 4. The van der Waals surface area contributed by atoms with Crippen molar-refractivity contribution in [2.24, 2.45) is 5.73 Å². The molecule has 0 saturated heterocycles. The number of nitrogens with two attached hydrogens (primary N) is 1. The fraction of sp³-hybridized carbons (Fsp3) is 0.111. The minimum Gasteiger partial charge on any atom is -0.366 e. The molecule has 0 aliphatic heterocycles. The van der Waals surface area contributed by atoms with Crippen LogP contribution in [0.1, 0.15) is 27.8 Å². The number of aryl methyl sites for hydroxylation is 1. The molecule has 7 nitrogen and oxygen atoms in total. The summed E-state index contributed by atoms with van der Waals surface area (Å²) in [5.74, 6) is -1.30. The number of amides is 2. The first-order valence-corrected chi connectivity index (χ1v) is 8.20. The second kappa shape index (κ2) is 6.97. The van der Waals surface area contributed by atoms with Crippen LogP contribution in [0.4, 0.5) is 5.69 Å². The summed E-state index contributed by atoms with van der Waals surface area (Å²) >= 11 is 5.98. The zero-order valence-electron chi connectivity index (χ0n) is 13.8. The molecule has 2 amide bonds. The quantitative estimate of drug-likeness (QED) is 0.735. The minimum absolute atomic E-state index is 0.243. The second-order valence-corrected chi connectivity index (χ2v) is 5.99. The number of nitrogens with one attached hydrogen (secondary N) is 1. The van der Waals surface area contributed by atoms with Gasteiger partial charge < -0.3 is 11.1 Å². The van der Waals surface area contributed by atoms with Gasteiger partial charge in [-0.1, -0.05) is 17.7 Å². The molecule has 1 heterocycles. The zero-order chi connectivity index (χ0) is 18.8. The summed E-state index contributed by atoms with van der Waals surface area (Å²) < 4.78 is 1.56. The van der Waals surface area contributed by atoms with Gasteiger partial charge in [0.25, 0.3) is 5.91 Å². The third kappa shape index (κ3) is 3.29. The Kier molecular flexibility index (Phi) is 4.73. The number of hydrogen-bond donors (Lipinski definition) is 2. The number of halogens is 1. The summed E-state index contributed by atoms with van der Waals surface area (Å²) in [7, 11) is 0. The van der Waals surface area contributed by atoms with Crippen LogP contribution in [0.3, 0.4) is 0 Å². The zero-order valence-corrected chi connectivity index (χ0v) is 14.6. The van der Waals surface area contributed by atoms with E-state index in [0.29, 0.717) is 28.2 Å². The van der Waals surface area contributed by atoms with E-state index >= 15 is 0 Å². The Balaban J connectivity index is 2.06. The highest BCUT2D eigenvalue weighted by molar-refractivity contribution is 6.31. The molecule has 0 radical (unpaired) electrons. The Bertz CT molecular complexity index is 1090. The van der Waals surface area contributed by atoms with Crippen LogP contribution in [0.15, 0.2) is 47.3 Å². The summed E-state index contributed by atoms with van der Waals surface area (Å²) in [6.07, 6.45) is 0. The van der Waals surface area contributed by atoms with Crippen molar-refractivity contribution in [2.75, 3.05) is 5.32 Å². The molecule has 26 heavy (non-hydrogen) atoms. The SMILES string of the molecule is CCn1nc(C(=O)Nc2cccc(C(N)=O)c2)c(=O)c2cc(Cl)ccc21. The van der Waals surface area contributed by atoms with Gasteiger partial charge in [0.1, 0.15) is 0 Å². The number of hydrogen-bond acceptors (Lipinski definition) is 4. The molecule has 1 aromatic heterocycles. The van der Waals surface area contributed by atoms with Crippen LogP contribution in [0.25, 0.3) is 10.9 Å². The molecule has 0 bridgehead atoms. The van der Waals surface area contributed by atoms with Crippen LogP contribution in [0.5, 0.6) is 0 Å². The first-order chi connectivity index (χ1) is 12.4. The van der Waals surface area contributed by atoms with E-state index in [1.165, 1.54) is 18.2 Å². The van der Waals surface area contributed by atoms with E-state index in [1.807, 2.05) is 6.92 Å². The topological polar surface area (TPSA) is 107 Å². The first kappa shape index (κ1) is 17.6. The fourth-order valence-electron chi connectivity index (χ4n) is 2.59. The summed E-state index contributed by atoms with van der Waals surface area (Å²) in [6.45, 7) is 2.32. The van der Waals surface area contributed by atoms with Crippen LogP contribution in [-0.2, 0) is 6.54 Å². The van der Waals surface area contributed by atoms with Gasteiger partial charge in [-0.05, 0) is 43.3 Å². The second-order valence-electron chi connectivity index (χ2n) is 5.55. The minimum atomic E-state index is -0.680. The summed E-state index contributed by atoms with van der Waals surface area (Å²) in [5.41, 5.74) is 5.63. The van der Waals surface area contributed by atoms with Crippen molar-refractivity contribution in [1.82, 2.24) is 9.78 Å².